The minimum absolute atomic E-state index is 0.490. The number of hydrogen-bond donors (Lipinski definition) is 1. The Bertz CT molecular complexity index is 724. The molecule has 0 fully saturated rings. The molecule has 0 spiro atoms. The van der Waals surface area contributed by atoms with Crippen molar-refractivity contribution in [2.24, 2.45) is 0 Å². The molecule has 2 aromatic carbocycles. The molecular formula is C18H21O3P. The third-order valence-corrected chi connectivity index (χ3v) is 5.64. The number of hydrogen-bond acceptors (Lipinski definition) is 2. The Kier molecular flexibility index (Phi) is 4.37. The summed E-state index contributed by atoms with van der Waals surface area (Å²) in [4.78, 5) is 10.4. The van der Waals surface area contributed by atoms with E-state index < -0.39 is 7.60 Å². The molecule has 0 bridgehead atoms. The predicted molar refractivity (Wildman–Crippen MR) is 89.8 cm³/mol. The van der Waals surface area contributed by atoms with Crippen LogP contribution in [0.1, 0.15) is 38.2 Å². The summed E-state index contributed by atoms with van der Waals surface area (Å²) < 4.78 is 18.1. The van der Waals surface area contributed by atoms with Gasteiger partial charge in [0.05, 0.1) is 5.30 Å². The predicted octanol–water partition coefficient (Wildman–Crippen LogP) is 4.68. The zero-order valence-electron chi connectivity index (χ0n) is 12.8. The van der Waals surface area contributed by atoms with Crippen molar-refractivity contribution in [1.29, 1.82) is 0 Å². The molecule has 1 heterocycles. The lowest BCUT2D eigenvalue weighted by Gasteiger charge is -2.26. The Balaban J connectivity index is 2.02. The summed E-state index contributed by atoms with van der Waals surface area (Å²) in [5.41, 5.74) is 2.67. The molecule has 0 aliphatic carbocycles. The molecule has 4 heteroatoms. The minimum atomic E-state index is -3.80. The van der Waals surface area contributed by atoms with Gasteiger partial charge in [0.15, 0.2) is 0 Å². The van der Waals surface area contributed by atoms with E-state index in [2.05, 4.69) is 6.92 Å². The van der Waals surface area contributed by atoms with Crippen LogP contribution < -0.4 is 9.83 Å². The summed E-state index contributed by atoms with van der Waals surface area (Å²) in [5.74, 6) is 0.490. The van der Waals surface area contributed by atoms with E-state index in [0.717, 1.165) is 36.0 Å². The summed E-state index contributed by atoms with van der Waals surface area (Å²) in [5, 5.41) is 0.491. The van der Waals surface area contributed by atoms with Crippen LogP contribution in [-0.2, 0) is 11.0 Å². The van der Waals surface area contributed by atoms with Gasteiger partial charge in [-0.2, -0.15) is 0 Å². The van der Waals surface area contributed by atoms with E-state index in [1.54, 1.807) is 6.07 Å². The third kappa shape index (κ3) is 2.84. The molecule has 0 saturated heterocycles. The van der Waals surface area contributed by atoms with Crippen LogP contribution in [0.25, 0.3) is 11.1 Å². The van der Waals surface area contributed by atoms with Gasteiger partial charge in [0, 0.05) is 11.1 Å². The van der Waals surface area contributed by atoms with E-state index >= 15 is 0 Å². The van der Waals surface area contributed by atoms with Crippen LogP contribution in [0, 0.1) is 0 Å². The quantitative estimate of drug-likeness (QED) is 0.643. The normalized spacial score (nSPS) is 19.2. The zero-order valence-corrected chi connectivity index (χ0v) is 13.7. The Morgan fingerprint density at radius 2 is 1.77 bits per heavy atom. The summed E-state index contributed by atoms with van der Waals surface area (Å²) in [7, 11) is -3.80. The van der Waals surface area contributed by atoms with Gasteiger partial charge in [-0.3, -0.25) is 0 Å². The maximum atomic E-state index is 12.7. The lowest BCUT2D eigenvalue weighted by Crippen LogP contribution is -2.21. The number of aryl methyl sites for hydroxylation is 1. The summed E-state index contributed by atoms with van der Waals surface area (Å²) in [6.07, 6.45) is 5.38. The smallest absolute Gasteiger partial charge is 0.409 e. The third-order valence-electron chi connectivity index (χ3n) is 4.10. The molecule has 1 atom stereocenters. The second kappa shape index (κ2) is 6.28. The van der Waals surface area contributed by atoms with Crippen LogP contribution in [0.2, 0.25) is 0 Å². The van der Waals surface area contributed by atoms with Crippen molar-refractivity contribution in [1.82, 2.24) is 0 Å². The van der Waals surface area contributed by atoms with Crippen molar-refractivity contribution in [2.75, 3.05) is 0 Å². The topological polar surface area (TPSA) is 46.5 Å². The highest BCUT2D eigenvalue weighted by Crippen LogP contribution is 2.52. The fourth-order valence-electron chi connectivity index (χ4n) is 3.03. The molecular weight excluding hydrogens is 295 g/mol. The standard InChI is InChI=1S/C18H21O3P/c1-2-3-4-5-9-14-10-8-12-16-15-11-6-7-13-17(15)21-22(19,20)18(14)16/h6-8,10-13H,2-5,9H2,1H3,(H,19,20). The van der Waals surface area contributed by atoms with Crippen LogP contribution >= 0.6 is 7.60 Å². The average Bonchev–Trinajstić information content (AvgIpc) is 2.51. The van der Waals surface area contributed by atoms with E-state index in [-0.39, 0.29) is 0 Å². The fraction of sp³-hybridized carbons (Fsp3) is 0.333. The first-order chi connectivity index (χ1) is 10.6. The highest BCUT2D eigenvalue weighted by Gasteiger charge is 2.36. The number of rotatable bonds is 5. The summed E-state index contributed by atoms with van der Waals surface area (Å²) in [6.45, 7) is 2.18. The molecule has 3 nitrogen and oxygen atoms in total. The molecule has 0 radical (unpaired) electrons. The number of para-hydroxylation sites is 1. The van der Waals surface area contributed by atoms with Crippen LogP contribution in [0.3, 0.4) is 0 Å². The second-order valence-corrected chi connectivity index (χ2v) is 7.40. The Labute approximate surface area is 131 Å². The van der Waals surface area contributed by atoms with Gasteiger partial charge < -0.3 is 9.42 Å². The van der Waals surface area contributed by atoms with Gasteiger partial charge in [-0.1, -0.05) is 62.6 Å². The second-order valence-electron chi connectivity index (χ2n) is 5.73. The maximum absolute atomic E-state index is 12.7. The Morgan fingerprint density at radius 3 is 2.59 bits per heavy atom. The highest BCUT2D eigenvalue weighted by atomic mass is 31.2. The summed E-state index contributed by atoms with van der Waals surface area (Å²) in [6, 6.07) is 13.3. The van der Waals surface area contributed by atoms with Crippen LogP contribution in [-0.4, -0.2) is 4.89 Å². The lowest BCUT2D eigenvalue weighted by atomic mass is 9.99. The number of unbranched alkanes of at least 4 members (excludes halogenated alkanes) is 3. The van der Waals surface area contributed by atoms with E-state index in [0.29, 0.717) is 11.1 Å². The molecule has 2 aromatic rings. The largest absolute Gasteiger partial charge is 0.421 e. The number of benzene rings is 2. The van der Waals surface area contributed by atoms with Gasteiger partial charge in [-0.05, 0) is 24.5 Å². The van der Waals surface area contributed by atoms with Crippen molar-refractivity contribution < 1.29 is 14.0 Å². The molecule has 1 unspecified atom stereocenters. The summed E-state index contributed by atoms with van der Waals surface area (Å²) >= 11 is 0. The lowest BCUT2D eigenvalue weighted by molar-refractivity contribution is 0.392. The first kappa shape index (κ1) is 15.3. The van der Waals surface area contributed by atoms with Gasteiger partial charge >= 0.3 is 7.60 Å². The van der Waals surface area contributed by atoms with Crippen molar-refractivity contribution >= 4 is 12.9 Å². The SMILES string of the molecule is CCCCCCc1cccc2c1P(=O)(O)Oc1ccccc1-2. The maximum Gasteiger partial charge on any atom is 0.409 e. The van der Waals surface area contributed by atoms with Gasteiger partial charge in [-0.15, -0.1) is 0 Å². The highest BCUT2D eigenvalue weighted by molar-refractivity contribution is 7.62. The molecule has 1 aliphatic rings. The molecule has 0 amide bonds. The average molecular weight is 316 g/mol. The van der Waals surface area contributed by atoms with Crippen molar-refractivity contribution in [3.8, 4) is 16.9 Å². The van der Waals surface area contributed by atoms with Gasteiger partial charge in [0.2, 0.25) is 0 Å². The fourth-order valence-corrected chi connectivity index (χ4v) is 4.60. The van der Waals surface area contributed by atoms with Gasteiger partial charge in [-0.25, -0.2) is 4.57 Å². The molecule has 0 aromatic heterocycles. The molecule has 1 aliphatic heterocycles. The van der Waals surface area contributed by atoms with E-state index in [4.69, 9.17) is 4.52 Å². The Hall–Kier alpha value is -1.57. The molecule has 22 heavy (non-hydrogen) atoms. The molecule has 1 N–H and O–H groups in total. The van der Waals surface area contributed by atoms with Crippen molar-refractivity contribution in [2.45, 2.75) is 39.0 Å². The van der Waals surface area contributed by atoms with Crippen LogP contribution in [0.15, 0.2) is 42.5 Å². The van der Waals surface area contributed by atoms with Crippen molar-refractivity contribution in [3.05, 3.63) is 48.0 Å². The van der Waals surface area contributed by atoms with E-state index in [9.17, 15) is 9.46 Å². The minimum Gasteiger partial charge on any atom is -0.421 e. The van der Waals surface area contributed by atoms with Crippen LogP contribution in [0.4, 0.5) is 0 Å². The molecule has 116 valence electrons. The van der Waals surface area contributed by atoms with E-state index in [1.165, 1.54) is 12.8 Å². The van der Waals surface area contributed by atoms with Crippen LogP contribution in [0.5, 0.6) is 5.75 Å². The Morgan fingerprint density at radius 1 is 1.00 bits per heavy atom. The van der Waals surface area contributed by atoms with Crippen molar-refractivity contribution in [3.63, 3.8) is 0 Å². The first-order valence-electron chi connectivity index (χ1n) is 7.87. The van der Waals surface area contributed by atoms with Gasteiger partial charge in [0.25, 0.3) is 0 Å². The molecule has 0 saturated carbocycles. The number of fused-ring (bicyclic) bond motifs is 3. The van der Waals surface area contributed by atoms with E-state index in [1.807, 2.05) is 36.4 Å². The molecule has 3 rings (SSSR count). The first-order valence-corrected chi connectivity index (χ1v) is 9.45. The monoisotopic (exact) mass is 316 g/mol. The zero-order chi connectivity index (χ0) is 15.6. The van der Waals surface area contributed by atoms with Gasteiger partial charge in [0.1, 0.15) is 5.75 Å².